The van der Waals surface area contributed by atoms with Crippen molar-refractivity contribution in [2.24, 2.45) is 0 Å². The summed E-state index contributed by atoms with van der Waals surface area (Å²) in [5, 5.41) is 0.801. The second-order valence-corrected chi connectivity index (χ2v) is 7.76. The highest BCUT2D eigenvalue weighted by Gasteiger charge is 2.32. The number of aryl methyl sites for hydroxylation is 2. The highest BCUT2D eigenvalue weighted by atomic mass is 31.2. The van der Waals surface area contributed by atoms with E-state index in [1.54, 1.807) is 0 Å². The second-order valence-electron chi connectivity index (χ2n) is 5.80. The van der Waals surface area contributed by atoms with Gasteiger partial charge in [0.25, 0.3) is 0 Å². The molecule has 0 heterocycles. The van der Waals surface area contributed by atoms with Crippen molar-refractivity contribution in [2.45, 2.75) is 66.2 Å². The minimum Gasteiger partial charge on any atom is -0.305 e. The standard InChI is InChI=1S/C19H32O3P/c1-6-10-12-17-14-16(5)15-18(13-11-7-2)19(17)23(20,21-8-3)22-9-4/h14-15H,5-13H2,1-4H3. The van der Waals surface area contributed by atoms with Gasteiger partial charge in [0.1, 0.15) is 0 Å². The molecule has 0 saturated heterocycles. The Bertz CT molecular complexity index is 486. The first-order valence-electron chi connectivity index (χ1n) is 8.89. The van der Waals surface area contributed by atoms with Crippen LogP contribution in [-0.2, 0) is 26.5 Å². The molecule has 131 valence electrons. The second kappa shape index (κ2) is 10.3. The maximum Gasteiger partial charge on any atom is 0.361 e. The topological polar surface area (TPSA) is 35.5 Å². The van der Waals surface area contributed by atoms with E-state index in [9.17, 15) is 4.57 Å². The molecule has 0 spiro atoms. The van der Waals surface area contributed by atoms with Crippen molar-refractivity contribution < 1.29 is 13.6 Å². The molecule has 0 fully saturated rings. The largest absolute Gasteiger partial charge is 0.361 e. The number of hydrogen-bond donors (Lipinski definition) is 0. The third kappa shape index (κ3) is 5.74. The smallest absolute Gasteiger partial charge is 0.305 e. The van der Waals surface area contributed by atoms with Gasteiger partial charge in [-0.05, 0) is 63.1 Å². The first kappa shape index (κ1) is 20.4. The molecule has 1 radical (unpaired) electrons. The average Bonchev–Trinajstić information content (AvgIpc) is 2.50. The minimum absolute atomic E-state index is 0.379. The predicted octanol–water partition coefficient (Wildman–Crippen LogP) is 5.45. The molecule has 0 atom stereocenters. The van der Waals surface area contributed by atoms with E-state index in [1.165, 1.54) is 0 Å². The van der Waals surface area contributed by atoms with Gasteiger partial charge in [-0.15, -0.1) is 0 Å². The zero-order valence-corrected chi connectivity index (χ0v) is 16.1. The van der Waals surface area contributed by atoms with E-state index in [4.69, 9.17) is 9.05 Å². The molecule has 3 nitrogen and oxygen atoms in total. The van der Waals surface area contributed by atoms with Crippen molar-refractivity contribution >= 4 is 12.9 Å². The molecule has 0 bridgehead atoms. The summed E-state index contributed by atoms with van der Waals surface area (Å²) >= 11 is 0. The van der Waals surface area contributed by atoms with Crippen LogP contribution >= 0.6 is 7.60 Å². The summed E-state index contributed by atoms with van der Waals surface area (Å²) in [5.74, 6) is 0. The van der Waals surface area contributed by atoms with Crippen LogP contribution in [0.3, 0.4) is 0 Å². The van der Waals surface area contributed by atoms with Gasteiger partial charge in [-0.2, -0.15) is 0 Å². The highest BCUT2D eigenvalue weighted by molar-refractivity contribution is 7.62. The number of benzene rings is 1. The van der Waals surface area contributed by atoms with E-state index >= 15 is 0 Å². The van der Waals surface area contributed by atoms with Crippen LogP contribution in [0.5, 0.6) is 0 Å². The van der Waals surface area contributed by atoms with E-state index in [2.05, 4.69) is 20.8 Å². The average molecular weight is 339 g/mol. The Hall–Kier alpha value is -0.630. The van der Waals surface area contributed by atoms with E-state index in [-0.39, 0.29) is 0 Å². The van der Waals surface area contributed by atoms with Crippen LogP contribution in [0.4, 0.5) is 0 Å². The monoisotopic (exact) mass is 339 g/mol. The summed E-state index contributed by atoms with van der Waals surface area (Å²) in [7, 11) is -3.27. The lowest BCUT2D eigenvalue weighted by molar-refractivity contribution is 0.229. The molecule has 1 aromatic rings. The first-order chi connectivity index (χ1) is 11.0. The summed E-state index contributed by atoms with van der Waals surface area (Å²) in [6.45, 7) is 12.9. The maximum absolute atomic E-state index is 13.4. The molecule has 0 unspecified atom stereocenters. The summed E-state index contributed by atoms with van der Waals surface area (Å²) in [6, 6.07) is 4.09. The van der Waals surface area contributed by atoms with Gasteiger partial charge in [0, 0.05) is 0 Å². The summed E-state index contributed by atoms with van der Waals surface area (Å²) < 4.78 is 24.7. The lowest BCUT2D eigenvalue weighted by atomic mass is 9.99. The van der Waals surface area contributed by atoms with Crippen molar-refractivity contribution in [3.05, 3.63) is 35.7 Å². The highest BCUT2D eigenvalue weighted by Crippen LogP contribution is 2.49. The lowest BCUT2D eigenvalue weighted by Crippen LogP contribution is -2.21. The zero-order valence-electron chi connectivity index (χ0n) is 15.2. The molecule has 0 saturated carbocycles. The minimum atomic E-state index is -3.27. The molecule has 4 heteroatoms. The fraction of sp³-hybridized carbons (Fsp3) is 0.632. The molecule has 23 heavy (non-hydrogen) atoms. The normalized spacial score (nSPS) is 11.9. The van der Waals surface area contributed by atoms with Gasteiger partial charge in [0.05, 0.1) is 18.5 Å². The van der Waals surface area contributed by atoms with E-state index in [1.807, 2.05) is 26.0 Å². The Kier molecular flexibility index (Phi) is 9.12. The number of rotatable bonds is 11. The quantitative estimate of drug-likeness (QED) is 0.503. The van der Waals surface area contributed by atoms with Crippen molar-refractivity contribution in [1.29, 1.82) is 0 Å². The number of hydrogen-bond acceptors (Lipinski definition) is 3. The van der Waals surface area contributed by atoms with Crippen molar-refractivity contribution in [3.8, 4) is 0 Å². The number of unbranched alkanes of at least 4 members (excludes halogenated alkanes) is 2. The van der Waals surface area contributed by atoms with Crippen LogP contribution in [0.25, 0.3) is 0 Å². The Labute approximate surface area is 142 Å². The van der Waals surface area contributed by atoms with Gasteiger partial charge < -0.3 is 9.05 Å². The third-order valence-electron chi connectivity index (χ3n) is 3.80. The zero-order chi connectivity index (χ0) is 17.3. The Balaban J connectivity index is 3.44. The van der Waals surface area contributed by atoms with Crippen molar-refractivity contribution in [1.82, 2.24) is 0 Å². The van der Waals surface area contributed by atoms with Crippen LogP contribution in [0, 0.1) is 6.92 Å². The van der Waals surface area contributed by atoms with Gasteiger partial charge >= 0.3 is 7.60 Å². The van der Waals surface area contributed by atoms with Crippen molar-refractivity contribution in [2.75, 3.05) is 13.2 Å². The molecular weight excluding hydrogens is 307 g/mol. The molecule has 0 aliphatic carbocycles. The maximum atomic E-state index is 13.4. The van der Waals surface area contributed by atoms with Crippen LogP contribution in [0.1, 0.15) is 70.1 Å². The Morgan fingerprint density at radius 1 is 0.913 bits per heavy atom. The fourth-order valence-electron chi connectivity index (χ4n) is 2.81. The molecule has 0 N–H and O–H groups in total. The van der Waals surface area contributed by atoms with Crippen LogP contribution in [0.2, 0.25) is 0 Å². The molecule has 0 aliphatic rings. The van der Waals surface area contributed by atoms with E-state index < -0.39 is 7.60 Å². The molecule has 1 aromatic carbocycles. The molecule has 0 aliphatic heterocycles. The Morgan fingerprint density at radius 3 is 1.70 bits per heavy atom. The van der Waals surface area contributed by atoms with Gasteiger partial charge in [0.15, 0.2) is 0 Å². The molecule has 0 aromatic heterocycles. The van der Waals surface area contributed by atoms with E-state index in [0.29, 0.717) is 13.2 Å². The first-order valence-corrected chi connectivity index (χ1v) is 10.4. The third-order valence-corrected chi connectivity index (χ3v) is 6.12. The van der Waals surface area contributed by atoms with Gasteiger partial charge in [0.2, 0.25) is 0 Å². The van der Waals surface area contributed by atoms with Gasteiger partial charge in [-0.1, -0.05) is 38.8 Å². The Morgan fingerprint density at radius 2 is 1.35 bits per heavy atom. The molecule has 1 rings (SSSR count). The predicted molar refractivity (Wildman–Crippen MR) is 98.6 cm³/mol. The SMILES string of the molecule is [CH2]c1cc(CCCC)c(P(=O)(OCC)OCC)c(CCCC)c1. The van der Waals surface area contributed by atoms with E-state index in [0.717, 1.165) is 60.5 Å². The fourth-order valence-corrected chi connectivity index (χ4v) is 4.87. The van der Waals surface area contributed by atoms with Crippen LogP contribution in [0.15, 0.2) is 12.1 Å². The van der Waals surface area contributed by atoms with Crippen LogP contribution < -0.4 is 5.30 Å². The molecular formula is C19H32O3P. The van der Waals surface area contributed by atoms with Crippen molar-refractivity contribution in [3.63, 3.8) is 0 Å². The lowest BCUT2D eigenvalue weighted by Gasteiger charge is -2.24. The summed E-state index contributed by atoms with van der Waals surface area (Å²) in [6.07, 6.45) is 6.08. The summed E-state index contributed by atoms with van der Waals surface area (Å²) in [4.78, 5) is 0. The van der Waals surface area contributed by atoms with Gasteiger partial charge in [-0.3, -0.25) is 4.57 Å². The van der Waals surface area contributed by atoms with Gasteiger partial charge in [-0.25, -0.2) is 0 Å². The molecule has 0 amide bonds. The summed E-state index contributed by atoms with van der Waals surface area (Å²) in [5.41, 5.74) is 3.14. The van der Waals surface area contributed by atoms with Crippen LogP contribution in [-0.4, -0.2) is 13.2 Å².